The molecule has 0 amide bonds. The summed E-state index contributed by atoms with van der Waals surface area (Å²) in [5, 5.41) is 11.3. The molecule has 7 heteroatoms. The van der Waals surface area contributed by atoms with Crippen molar-refractivity contribution in [1.82, 2.24) is 30.2 Å². The highest BCUT2D eigenvalue weighted by Crippen LogP contribution is 2.03. The lowest BCUT2D eigenvalue weighted by Crippen LogP contribution is -2.46. The van der Waals surface area contributed by atoms with Crippen LogP contribution < -0.4 is 10.6 Å². The van der Waals surface area contributed by atoms with Crippen LogP contribution in [0, 0.1) is 13.8 Å². The van der Waals surface area contributed by atoms with E-state index in [1.54, 1.807) is 0 Å². The van der Waals surface area contributed by atoms with E-state index in [-0.39, 0.29) is 0 Å². The summed E-state index contributed by atoms with van der Waals surface area (Å²) in [6, 6.07) is 2.12. The van der Waals surface area contributed by atoms with Crippen LogP contribution in [-0.2, 0) is 6.54 Å². The quantitative estimate of drug-likeness (QED) is 0.367. The Hall–Kier alpha value is -1.60. The van der Waals surface area contributed by atoms with Gasteiger partial charge < -0.3 is 20.4 Å². The maximum absolute atomic E-state index is 4.50. The fourth-order valence-electron chi connectivity index (χ4n) is 3.55. The van der Waals surface area contributed by atoms with Gasteiger partial charge in [0, 0.05) is 58.6 Å². The molecule has 154 valence electrons. The molecule has 2 rings (SSSR count). The van der Waals surface area contributed by atoms with Crippen molar-refractivity contribution in [3.05, 3.63) is 17.5 Å². The number of nitrogens with one attached hydrogen (secondary N) is 2. The Morgan fingerprint density at radius 2 is 1.67 bits per heavy atom. The van der Waals surface area contributed by atoms with E-state index in [2.05, 4.69) is 55.1 Å². The Balaban J connectivity index is 1.50. The van der Waals surface area contributed by atoms with Crippen molar-refractivity contribution in [2.75, 3.05) is 59.4 Å². The zero-order valence-electron chi connectivity index (χ0n) is 17.8. The molecule has 0 aliphatic carbocycles. The summed E-state index contributed by atoms with van der Waals surface area (Å²) in [4.78, 5) is 9.44. The lowest BCUT2D eigenvalue weighted by Gasteiger charge is -2.34. The molecule has 0 atom stereocenters. The molecule has 0 spiro atoms. The number of likely N-dealkylation sites (N-methyl/N-ethyl adjacent to an activating group) is 1. The molecule has 7 nitrogen and oxygen atoms in total. The van der Waals surface area contributed by atoms with Gasteiger partial charge in [-0.15, -0.1) is 0 Å². The van der Waals surface area contributed by atoms with E-state index in [1.807, 2.05) is 14.0 Å². The summed E-state index contributed by atoms with van der Waals surface area (Å²) < 4.78 is 2.08. The normalized spacial score (nSPS) is 16.7. The van der Waals surface area contributed by atoms with E-state index >= 15 is 0 Å². The summed E-state index contributed by atoms with van der Waals surface area (Å²) in [6.07, 6.45) is 3.46. The Morgan fingerprint density at radius 1 is 1.00 bits per heavy atom. The second kappa shape index (κ2) is 12.0. The lowest BCUT2D eigenvalue weighted by molar-refractivity contribution is 0.136. The summed E-state index contributed by atoms with van der Waals surface area (Å²) in [5.41, 5.74) is 2.32. The highest BCUT2D eigenvalue weighted by Gasteiger charge is 2.14. The van der Waals surface area contributed by atoms with Gasteiger partial charge in [0.1, 0.15) is 0 Å². The number of aliphatic imine (C=N–C) groups is 1. The van der Waals surface area contributed by atoms with E-state index < -0.39 is 0 Å². The molecule has 1 aliphatic heterocycles. The molecule has 1 saturated heterocycles. The topological polar surface area (TPSA) is 60.7 Å². The van der Waals surface area contributed by atoms with Gasteiger partial charge >= 0.3 is 0 Å². The molecule has 0 aromatic carbocycles. The third-order valence-corrected chi connectivity index (χ3v) is 5.27. The van der Waals surface area contributed by atoms with Gasteiger partial charge in [0.25, 0.3) is 0 Å². The number of guanidine groups is 1. The van der Waals surface area contributed by atoms with Crippen LogP contribution in [0.5, 0.6) is 0 Å². The van der Waals surface area contributed by atoms with E-state index in [0.29, 0.717) is 0 Å². The van der Waals surface area contributed by atoms with Crippen LogP contribution in [0.1, 0.15) is 37.6 Å². The highest BCUT2D eigenvalue weighted by molar-refractivity contribution is 5.79. The van der Waals surface area contributed by atoms with Crippen molar-refractivity contribution in [3.63, 3.8) is 0 Å². The summed E-state index contributed by atoms with van der Waals surface area (Å²) in [5.74, 6) is 0.903. The van der Waals surface area contributed by atoms with Crippen molar-refractivity contribution in [2.24, 2.45) is 4.99 Å². The van der Waals surface area contributed by atoms with Gasteiger partial charge in [0.2, 0.25) is 0 Å². The zero-order chi connectivity index (χ0) is 19.5. The van der Waals surface area contributed by atoms with Crippen LogP contribution >= 0.6 is 0 Å². The predicted molar refractivity (Wildman–Crippen MR) is 113 cm³/mol. The van der Waals surface area contributed by atoms with Crippen LogP contribution in [-0.4, -0.2) is 84.9 Å². The number of piperazine rings is 1. The molecule has 1 aromatic rings. The molecule has 0 unspecified atom stereocenters. The van der Waals surface area contributed by atoms with E-state index in [0.717, 1.165) is 37.7 Å². The van der Waals surface area contributed by atoms with Crippen molar-refractivity contribution in [3.8, 4) is 0 Å². The molecule has 0 radical (unpaired) electrons. The summed E-state index contributed by atoms with van der Waals surface area (Å²) in [7, 11) is 1.84. The standard InChI is InChI=1S/C20H39N7/c1-5-25-13-15-26(16-14-25)11-7-6-9-22-20(21-4)23-10-8-12-27-19(3)17-18(2)24-27/h17H,5-16H2,1-4H3,(H2,21,22,23). The summed E-state index contributed by atoms with van der Waals surface area (Å²) >= 11 is 0. The smallest absolute Gasteiger partial charge is 0.190 e. The minimum Gasteiger partial charge on any atom is -0.356 e. The van der Waals surface area contributed by atoms with Crippen LogP contribution in [0.4, 0.5) is 0 Å². The van der Waals surface area contributed by atoms with E-state index in [1.165, 1.54) is 57.8 Å². The average Bonchev–Trinajstić information content (AvgIpc) is 3.00. The van der Waals surface area contributed by atoms with Crippen LogP contribution in [0.25, 0.3) is 0 Å². The largest absolute Gasteiger partial charge is 0.356 e. The average molecular weight is 378 g/mol. The third kappa shape index (κ3) is 7.89. The Bertz CT molecular complexity index is 559. The van der Waals surface area contributed by atoms with Gasteiger partial charge in [0.05, 0.1) is 5.69 Å². The third-order valence-electron chi connectivity index (χ3n) is 5.27. The number of hydrogen-bond acceptors (Lipinski definition) is 4. The maximum Gasteiger partial charge on any atom is 0.190 e. The van der Waals surface area contributed by atoms with Gasteiger partial charge in [-0.1, -0.05) is 6.92 Å². The fraction of sp³-hybridized carbons (Fsp3) is 0.800. The van der Waals surface area contributed by atoms with Gasteiger partial charge in [0.15, 0.2) is 5.96 Å². The Morgan fingerprint density at radius 3 is 2.26 bits per heavy atom. The summed E-state index contributed by atoms with van der Waals surface area (Å²) in [6.45, 7) is 16.5. The van der Waals surface area contributed by atoms with Crippen molar-refractivity contribution in [2.45, 2.75) is 46.6 Å². The first-order valence-electron chi connectivity index (χ1n) is 10.5. The SMILES string of the molecule is CCN1CCN(CCCCNC(=NC)NCCCn2nc(C)cc2C)CC1. The second-order valence-corrected chi connectivity index (χ2v) is 7.41. The predicted octanol–water partition coefficient (Wildman–Crippen LogP) is 1.47. The number of aromatic nitrogens is 2. The molecular weight excluding hydrogens is 338 g/mol. The molecule has 27 heavy (non-hydrogen) atoms. The Kier molecular flexibility index (Phi) is 9.62. The highest BCUT2D eigenvalue weighted by atomic mass is 15.3. The molecule has 1 aliphatic rings. The molecule has 2 heterocycles. The van der Waals surface area contributed by atoms with Crippen LogP contribution in [0.2, 0.25) is 0 Å². The van der Waals surface area contributed by atoms with Crippen LogP contribution in [0.15, 0.2) is 11.1 Å². The van der Waals surface area contributed by atoms with Crippen molar-refractivity contribution >= 4 is 5.96 Å². The number of nitrogens with zero attached hydrogens (tertiary/aromatic N) is 5. The Labute approximate surface area is 165 Å². The number of rotatable bonds is 10. The lowest BCUT2D eigenvalue weighted by atomic mass is 10.2. The number of unbranched alkanes of at least 4 members (excludes halogenated alkanes) is 1. The van der Waals surface area contributed by atoms with Crippen molar-refractivity contribution < 1.29 is 0 Å². The monoisotopic (exact) mass is 377 g/mol. The van der Waals surface area contributed by atoms with Gasteiger partial charge in [-0.3, -0.25) is 9.67 Å². The molecule has 1 fully saturated rings. The molecule has 2 N–H and O–H groups in total. The number of aryl methyl sites for hydroxylation is 3. The van der Waals surface area contributed by atoms with Crippen LogP contribution in [0.3, 0.4) is 0 Å². The molecule has 0 saturated carbocycles. The molecule has 0 bridgehead atoms. The zero-order valence-corrected chi connectivity index (χ0v) is 17.8. The van der Waals surface area contributed by atoms with E-state index in [9.17, 15) is 0 Å². The first-order valence-corrected chi connectivity index (χ1v) is 10.5. The van der Waals surface area contributed by atoms with Gasteiger partial charge in [-0.05, 0) is 52.3 Å². The van der Waals surface area contributed by atoms with Crippen molar-refractivity contribution in [1.29, 1.82) is 0 Å². The first kappa shape index (κ1) is 21.7. The fourth-order valence-corrected chi connectivity index (χ4v) is 3.55. The molecular formula is C20H39N7. The minimum absolute atomic E-state index is 0.903. The van der Waals surface area contributed by atoms with E-state index in [4.69, 9.17) is 0 Å². The van der Waals surface area contributed by atoms with Gasteiger partial charge in [-0.2, -0.15) is 5.10 Å². The molecule has 1 aromatic heterocycles. The number of hydrogen-bond donors (Lipinski definition) is 2. The second-order valence-electron chi connectivity index (χ2n) is 7.41. The van der Waals surface area contributed by atoms with Gasteiger partial charge in [-0.25, -0.2) is 0 Å². The minimum atomic E-state index is 0.903. The maximum atomic E-state index is 4.50. The first-order chi connectivity index (χ1) is 13.1.